The summed E-state index contributed by atoms with van der Waals surface area (Å²) in [6.45, 7) is -1.65. The quantitative estimate of drug-likeness (QED) is 0.123. The predicted molar refractivity (Wildman–Crippen MR) is 146 cm³/mol. The Hall–Kier alpha value is -3.75. The number of aliphatic hydroxyl groups is 7. The largest absolute Gasteiger partial charge is 0.508 e. The zero-order chi connectivity index (χ0) is 32.7. The van der Waals surface area contributed by atoms with Crippen LogP contribution < -0.4 is 14.9 Å². The minimum Gasteiger partial charge on any atom is -0.508 e. The highest BCUT2D eigenvalue weighted by Gasteiger charge is 2.51. The van der Waals surface area contributed by atoms with Gasteiger partial charge in [-0.15, -0.1) is 0 Å². The van der Waals surface area contributed by atoms with Crippen molar-refractivity contribution in [2.24, 2.45) is 0 Å². The van der Waals surface area contributed by atoms with Crippen LogP contribution in [0.25, 0.3) is 22.3 Å². The van der Waals surface area contributed by atoms with Crippen LogP contribution in [0.5, 0.6) is 28.7 Å². The highest BCUT2D eigenvalue weighted by Crippen LogP contribution is 2.40. The predicted octanol–water partition coefficient (Wildman–Crippen LogP) is -2.41. The van der Waals surface area contributed by atoms with Crippen LogP contribution in [-0.4, -0.2) is 133 Å². The molecular weight excluding hydrogens is 608 g/mol. The molecule has 17 heteroatoms. The molecule has 2 aliphatic rings. The summed E-state index contributed by atoms with van der Waals surface area (Å²) in [6, 6.07) is 5.72. The van der Waals surface area contributed by atoms with Crippen LogP contribution in [-0.2, 0) is 14.2 Å². The van der Waals surface area contributed by atoms with E-state index in [0.29, 0.717) is 0 Å². The molecule has 10 N–H and O–H groups in total. The molecule has 5 rings (SSSR count). The van der Waals surface area contributed by atoms with Gasteiger partial charge in [0.15, 0.2) is 29.7 Å². The van der Waals surface area contributed by atoms with Crippen LogP contribution >= 0.6 is 0 Å². The van der Waals surface area contributed by atoms with Crippen molar-refractivity contribution >= 4 is 11.0 Å². The molecule has 2 fully saturated rings. The first-order chi connectivity index (χ1) is 21.4. The number of hydrogen-bond donors (Lipinski definition) is 10. The van der Waals surface area contributed by atoms with E-state index in [1.807, 2.05) is 0 Å². The summed E-state index contributed by atoms with van der Waals surface area (Å²) in [5, 5.41) is 102. The van der Waals surface area contributed by atoms with E-state index in [4.69, 9.17) is 28.1 Å². The summed E-state index contributed by atoms with van der Waals surface area (Å²) in [6.07, 6.45) is -17.9. The number of ether oxygens (including phenoxy) is 5. The van der Waals surface area contributed by atoms with Crippen molar-refractivity contribution in [1.82, 2.24) is 0 Å². The van der Waals surface area contributed by atoms with Crippen molar-refractivity contribution in [3.63, 3.8) is 0 Å². The molecule has 2 aliphatic heterocycles. The van der Waals surface area contributed by atoms with Crippen molar-refractivity contribution in [3.8, 4) is 40.1 Å². The van der Waals surface area contributed by atoms with Gasteiger partial charge in [-0.25, -0.2) is 0 Å². The minimum atomic E-state index is -1.96. The number of benzene rings is 2. The molecule has 0 aliphatic carbocycles. The lowest BCUT2D eigenvalue weighted by molar-refractivity contribution is -0.358. The van der Waals surface area contributed by atoms with Gasteiger partial charge >= 0.3 is 0 Å². The van der Waals surface area contributed by atoms with E-state index in [9.17, 15) is 55.9 Å². The van der Waals surface area contributed by atoms with Gasteiger partial charge in [-0.2, -0.15) is 0 Å². The highest BCUT2D eigenvalue weighted by molar-refractivity contribution is 5.88. The second kappa shape index (κ2) is 12.9. The molecule has 3 heterocycles. The van der Waals surface area contributed by atoms with E-state index in [1.165, 1.54) is 25.3 Å². The average molecular weight is 641 g/mol. The number of phenols is 3. The maximum Gasteiger partial charge on any atom is 0.239 e. The van der Waals surface area contributed by atoms with Gasteiger partial charge in [0.2, 0.25) is 17.5 Å². The molecule has 17 nitrogen and oxygen atoms in total. The zero-order valence-corrected chi connectivity index (χ0v) is 23.4. The Morgan fingerprint density at radius 3 is 2.07 bits per heavy atom. The lowest BCUT2D eigenvalue weighted by Crippen LogP contribution is -2.65. The van der Waals surface area contributed by atoms with E-state index in [1.54, 1.807) is 0 Å². The number of aromatic hydroxyl groups is 3. The van der Waals surface area contributed by atoms with Gasteiger partial charge in [0.05, 0.1) is 20.3 Å². The van der Waals surface area contributed by atoms with Crippen molar-refractivity contribution in [2.45, 2.75) is 61.4 Å². The van der Waals surface area contributed by atoms with Gasteiger partial charge in [0.1, 0.15) is 65.2 Å². The van der Waals surface area contributed by atoms with Gasteiger partial charge in [-0.1, -0.05) is 0 Å². The maximum atomic E-state index is 13.8. The van der Waals surface area contributed by atoms with Crippen molar-refractivity contribution in [3.05, 3.63) is 40.6 Å². The fraction of sp³-hybridized carbons (Fsp3) is 0.464. The number of fused-ring (bicyclic) bond motifs is 1. The second-order valence-corrected chi connectivity index (χ2v) is 10.4. The Morgan fingerprint density at radius 2 is 1.42 bits per heavy atom. The molecule has 2 aromatic carbocycles. The Balaban J connectivity index is 1.62. The van der Waals surface area contributed by atoms with Crippen LogP contribution in [0.1, 0.15) is 0 Å². The number of rotatable bonds is 8. The van der Waals surface area contributed by atoms with E-state index in [-0.39, 0.29) is 28.4 Å². The summed E-state index contributed by atoms with van der Waals surface area (Å²) in [7, 11) is 1.27. The fourth-order valence-corrected chi connectivity index (χ4v) is 5.13. The molecule has 2 saturated heterocycles. The first-order valence-electron chi connectivity index (χ1n) is 13.5. The second-order valence-electron chi connectivity index (χ2n) is 10.4. The molecule has 246 valence electrons. The van der Waals surface area contributed by atoms with Crippen LogP contribution in [0.3, 0.4) is 0 Å². The van der Waals surface area contributed by atoms with Gasteiger partial charge < -0.3 is 79.2 Å². The molecule has 6 unspecified atom stereocenters. The molecule has 0 saturated carbocycles. The van der Waals surface area contributed by atoms with Crippen LogP contribution in [0.4, 0.5) is 0 Å². The molecule has 1 aromatic heterocycles. The normalized spacial score (nSPS) is 32.0. The average Bonchev–Trinajstić information content (AvgIpc) is 3.01. The lowest BCUT2D eigenvalue weighted by atomic mass is 9.97. The van der Waals surface area contributed by atoms with Gasteiger partial charge in [0, 0.05) is 17.7 Å². The summed E-state index contributed by atoms with van der Waals surface area (Å²) < 4.78 is 33.5. The molecule has 0 spiro atoms. The van der Waals surface area contributed by atoms with Crippen molar-refractivity contribution in [2.75, 3.05) is 20.3 Å². The Morgan fingerprint density at radius 1 is 0.778 bits per heavy atom. The standard InChI is InChI=1S/C28H32O17/c1-40-13-4-9(2-3-11(13)32)24-25(20(36)17-12(33)5-10(31)6-14(17)41-24)44-28-26(22(38)19(35)16(8-30)43-28)45-27-23(39)21(37)18(34)15(7-29)42-27/h2-6,15-16,18-19,21-23,26-35,37-39H,7-8H2,1H3/t15?,16?,18-,19-,21?,22?,23?,26?,27-,28-/m0/s1. The molecule has 3 aromatic rings. The number of phenolic OH excluding ortho intramolecular Hbond substituents is 3. The fourth-order valence-electron chi connectivity index (χ4n) is 5.13. The Labute approximate surface area is 252 Å². The summed E-state index contributed by atoms with van der Waals surface area (Å²) in [5.74, 6) is -2.49. The zero-order valence-electron chi connectivity index (χ0n) is 23.4. The molecular formula is C28H32O17. The third-order valence-electron chi connectivity index (χ3n) is 7.56. The molecule has 45 heavy (non-hydrogen) atoms. The SMILES string of the molecule is COc1cc(-c2oc3cc(O)cc(O)c3c(=O)c2O[C@@H]2OC(CO)[C@H](O)C(O)C2O[C@@H]2OC(CO)[C@H](O)C(O)C2O)ccc1O. The summed E-state index contributed by atoms with van der Waals surface area (Å²) in [4.78, 5) is 13.8. The smallest absolute Gasteiger partial charge is 0.239 e. The highest BCUT2D eigenvalue weighted by atomic mass is 16.8. The van der Waals surface area contributed by atoms with E-state index >= 15 is 0 Å². The number of aliphatic hydroxyl groups excluding tert-OH is 7. The number of methoxy groups -OCH3 is 1. The van der Waals surface area contributed by atoms with Crippen LogP contribution in [0.15, 0.2) is 39.5 Å². The molecule has 0 amide bonds. The summed E-state index contributed by atoms with van der Waals surface area (Å²) >= 11 is 0. The third kappa shape index (κ3) is 5.98. The van der Waals surface area contributed by atoms with Crippen molar-refractivity contribution in [1.29, 1.82) is 0 Å². The molecule has 0 bridgehead atoms. The topological polar surface area (TPSA) is 279 Å². The summed E-state index contributed by atoms with van der Waals surface area (Å²) in [5.41, 5.74) is -1.23. The van der Waals surface area contributed by atoms with Gasteiger partial charge in [-0.3, -0.25) is 4.79 Å². The lowest BCUT2D eigenvalue weighted by Gasteiger charge is -2.45. The maximum absolute atomic E-state index is 13.8. The van der Waals surface area contributed by atoms with E-state index in [0.717, 1.165) is 12.1 Å². The van der Waals surface area contributed by atoms with E-state index in [2.05, 4.69) is 0 Å². The van der Waals surface area contributed by atoms with E-state index < -0.39 is 103 Å². The molecule has 10 atom stereocenters. The third-order valence-corrected chi connectivity index (χ3v) is 7.56. The first-order valence-corrected chi connectivity index (χ1v) is 13.5. The first kappa shape index (κ1) is 32.6. The van der Waals surface area contributed by atoms with Gasteiger partial charge in [-0.05, 0) is 18.2 Å². The minimum absolute atomic E-state index is 0.0448. The van der Waals surface area contributed by atoms with Crippen molar-refractivity contribution < 1.29 is 79.2 Å². The number of hydrogen-bond acceptors (Lipinski definition) is 17. The molecule has 0 radical (unpaired) electrons. The van der Waals surface area contributed by atoms with Gasteiger partial charge in [0.25, 0.3) is 0 Å². The Kier molecular flexibility index (Phi) is 9.38. The monoisotopic (exact) mass is 640 g/mol. The van der Waals surface area contributed by atoms with Crippen LogP contribution in [0.2, 0.25) is 0 Å². The van der Waals surface area contributed by atoms with Crippen LogP contribution in [0, 0.1) is 0 Å². The Bertz CT molecular complexity index is 1570.